The molecule has 43 heavy (non-hydrogen) atoms. The van der Waals surface area contributed by atoms with E-state index in [1.807, 2.05) is 12.1 Å². The lowest BCUT2D eigenvalue weighted by Gasteiger charge is -2.42. The number of piperazine rings is 1. The van der Waals surface area contributed by atoms with Gasteiger partial charge in [-0.2, -0.15) is 9.97 Å². The molecular weight excluding hydrogens is 566 g/mol. The third-order valence-corrected chi connectivity index (χ3v) is 10.4. The van der Waals surface area contributed by atoms with Crippen LogP contribution in [0.1, 0.15) is 36.9 Å². The number of anilines is 2. The minimum atomic E-state index is -0.840. The number of halogens is 1. The van der Waals surface area contributed by atoms with Crippen molar-refractivity contribution in [3.05, 3.63) is 52.7 Å². The standard InChI is InChI=1S/C32H40ClN7O3/c1-37-13-4-7-22(37)19-43-31-35-26-17-38(27-9-3-6-20-5-2-8-25(33)29(20)27)14-11-24(26)30(36-31)39-16-23-15-21(10-12-34)28(18-39)40(23)32(41)42/h2-3,5-6,8-9,21-23,28H,4,7,10-19,34H2,1H3,(H,41,42)/t21-,22+,23-,28-/m1/s1. The van der Waals surface area contributed by atoms with E-state index in [-0.39, 0.29) is 18.0 Å². The Morgan fingerprint density at radius 3 is 2.74 bits per heavy atom. The lowest BCUT2D eigenvalue weighted by Crippen LogP contribution is -2.57. The van der Waals surface area contributed by atoms with E-state index in [1.54, 1.807) is 4.90 Å². The quantitative estimate of drug-likeness (QED) is 0.409. The van der Waals surface area contributed by atoms with E-state index in [0.29, 0.717) is 44.8 Å². The molecule has 0 spiro atoms. The smallest absolute Gasteiger partial charge is 0.407 e. The molecule has 10 nitrogen and oxygen atoms in total. The first-order chi connectivity index (χ1) is 20.9. The van der Waals surface area contributed by atoms with Crippen molar-refractivity contribution in [3.8, 4) is 6.01 Å². The van der Waals surface area contributed by atoms with Gasteiger partial charge in [0.15, 0.2) is 0 Å². The van der Waals surface area contributed by atoms with Crippen molar-refractivity contribution in [1.29, 1.82) is 0 Å². The molecular formula is C32H40ClN7O3. The summed E-state index contributed by atoms with van der Waals surface area (Å²) >= 11 is 6.71. The Morgan fingerprint density at radius 2 is 1.98 bits per heavy atom. The Kier molecular flexibility index (Phi) is 7.69. The molecule has 3 saturated heterocycles. The summed E-state index contributed by atoms with van der Waals surface area (Å²) in [5, 5.41) is 12.9. The maximum absolute atomic E-state index is 12.2. The fourth-order valence-electron chi connectivity index (χ4n) is 7.89. The zero-order chi connectivity index (χ0) is 29.7. The normalized spacial score (nSPS) is 25.4. The van der Waals surface area contributed by atoms with E-state index in [9.17, 15) is 9.90 Å². The first-order valence-electron chi connectivity index (χ1n) is 15.5. The Morgan fingerprint density at radius 1 is 1.14 bits per heavy atom. The second-order valence-corrected chi connectivity index (χ2v) is 12.9. The summed E-state index contributed by atoms with van der Waals surface area (Å²) in [5.41, 5.74) is 9.13. The largest absolute Gasteiger partial charge is 0.465 e. The van der Waals surface area contributed by atoms with Gasteiger partial charge in [0.05, 0.1) is 29.3 Å². The van der Waals surface area contributed by atoms with E-state index in [0.717, 1.165) is 77.3 Å². The Balaban J connectivity index is 1.23. The highest BCUT2D eigenvalue weighted by Crippen LogP contribution is 2.41. The summed E-state index contributed by atoms with van der Waals surface area (Å²) in [5.74, 6) is 1.15. The molecule has 3 N–H and O–H groups in total. The van der Waals surface area contributed by atoms with Crippen molar-refractivity contribution in [2.75, 3.05) is 56.2 Å². The number of nitrogens with zero attached hydrogens (tertiary/aromatic N) is 6. The molecule has 2 aromatic carbocycles. The molecule has 3 fully saturated rings. The number of rotatable bonds is 7. The second-order valence-electron chi connectivity index (χ2n) is 12.5. The van der Waals surface area contributed by atoms with Crippen molar-refractivity contribution < 1.29 is 14.6 Å². The minimum Gasteiger partial charge on any atom is -0.465 e. The van der Waals surface area contributed by atoms with Crippen LogP contribution in [0.15, 0.2) is 36.4 Å². The topological polar surface area (TPSA) is 111 Å². The average molecular weight is 606 g/mol. The van der Waals surface area contributed by atoms with Crippen LogP contribution in [-0.4, -0.2) is 95.5 Å². The number of likely N-dealkylation sites (N-methyl/N-ethyl adjacent to an activating group) is 1. The third kappa shape index (κ3) is 5.23. The number of nitrogens with two attached hydrogens (primary N) is 1. The SMILES string of the molecule is CN1CCC[C@H]1COc1nc2c(c(N3C[C@H]4C[C@@H](CCN)[C@@H](C3)N4C(=O)O)n1)CCN(c1cccc3cccc(Cl)c13)C2. The second kappa shape index (κ2) is 11.6. The monoisotopic (exact) mass is 605 g/mol. The minimum absolute atomic E-state index is 0.0761. The molecule has 5 heterocycles. The number of aromatic nitrogens is 2. The molecule has 11 heteroatoms. The fourth-order valence-corrected chi connectivity index (χ4v) is 8.17. The highest BCUT2D eigenvalue weighted by Gasteiger charge is 2.49. The lowest BCUT2D eigenvalue weighted by atomic mass is 9.96. The number of likely N-dealkylation sites (tertiary alicyclic amines) is 1. The summed E-state index contributed by atoms with van der Waals surface area (Å²) in [4.78, 5) is 30.9. The van der Waals surface area contributed by atoms with E-state index in [2.05, 4.69) is 46.0 Å². The molecule has 4 aliphatic heterocycles. The predicted molar refractivity (Wildman–Crippen MR) is 168 cm³/mol. The van der Waals surface area contributed by atoms with Crippen molar-refractivity contribution in [2.45, 2.75) is 56.8 Å². The lowest BCUT2D eigenvalue weighted by molar-refractivity contribution is 0.109. The molecule has 7 rings (SSSR count). The first-order valence-corrected chi connectivity index (χ1v) is 15.9. The van der Waals surface area contributed by atoms with Gasteiger partial charge >= 0.3 is 12.1 Å². The molecule has 3 aromatic rings. The molecule has 0 aliphatic carbocycles. The van der Waals surface area contributed by atoms with Crippen LogP contribution >= 0.6 is 11.6 Å². The van der Waals surface area contributed by atoms with Gasteiger partial charge in [-0.15, -0.1) is 0 Å². The maximum Gasteiger partial charge on any atom is 0.407 e. The molecule has 1 aromatic heterocycles. The molecule has 0 radical (unpaired) electrons. The van der Waals surface area contributed by atoms with E-state index < -0.39 is 6.09 Å². The van der Waals surface area contributed by atoms with Crippen LogP contribution in [0.25, 0.3) is 10.8 Å². The van der Waals surface area contributed by atoms with E-state index in [1.165, 1.54) is 6.42 Å². The first kappa shape index (κ1) is 28.4. The molecule has 0 unspecified atom stereocenters. The van der Waals surface area contributed by atoms with Crippen LogP contribution in [0.4, 0.5) is 16.3 Å². The number of ether oxygens (including phenoxy) is 1. The van der Waals surface area contributed by atoms with Crippen LogP contribution in [0.5, 0.6) is 6.01 Å². The summed E-state index contributed by atoms with van der Waals surface area (Å²) in [6.07, 6.45) is 3.87. The van der Waals surface area contributed by atoms with Gasteiger partial charge in [-0.3, -0.25) is 4.90 Å². The van der Waals surface area contributed by atoms with Crippen LogP contribution < -0.4 is 20.3 Å². The zero-order valence-corrected chi connectivity index (χ0v) is 25.4. The molecule has 0 saturated carbocycles. The van der Waals surface area contributed by atoms with Gasteiger partial charge in [0.1, 0.15) is 12.4 Å². The van der Waals surface area contributed by atoms with Crippen molar-refractivity contribution in [1.82, 2.24) is 19.8 Å². The van der Waals surface area contributed by atoms with Gasteiger partial charge in [0, 0.05) is 42.3 Å². The Bertz CT molecular complexity index is 1520. The van der Waals surface area contributed by atoms with Gasteiger partial charge in [-0.25, -0.2) is 4.79 Å². The summed E-state index contributed by atoms with van der Waals surface area (Å²) in [7, 11) is 2.14. The van der Waals surface area contributed by atoms with Crippen LogP contribution in [0.2, 0.25) is 5.02 Å². The molecule has 4 aliphatic rings. The highest BCUT2D eigenvalue weighted by atomic mass is 35.5. The van der Waals surface area contributed by atoms with Gasteiger partial charge < -0.3 is 30.3 Å². The summed E-state index contributed by atoms with van der Waals surface area (Å²) < 4.78 is 6.33. The van der Waals surface area contributed by atoms with Crippen molar-refractivity contribution >= 4 is 40.0 Å². The molecule has 1 amide bonds. The van der Waals surface area contributed by atoms with Gasteiger partial charge in [0.2, 0.25) is 0 Å². The van der Waals surface area contributed by atoms with Crippen LogP contribution in [0, 0.1) is 5.92 Å². The molecule has 4 atom stereocenters. The average Bonchev–Trinajstić information content (AvgIpc) is 3.52. The van der Waals surface area contributed by atoms with E-state index >= 15 is 0 Å². The number of fused-ring (bicyclic) bond motifs is 4. The predicted octanol–water partition coefficient (Wildman–Crippen LogP) is 4.22. The fraction of sp³-hybridized carbons (Fsp3) is 0.531. The number of amides is 1. The van der Waals surface area contributed by atoms with E-state index in [4.69, 9.17) is 32.0 Å². The maximum atomic E-state index is 12.2. The number of carbonyl (C=O) groups is 1. The Labute approximate surface area is 257 Å². The van der Waals surface area contributed by atoms with Gasteiger partial charge in [0.25, 0.3) is 0 Å². The van der Waals surface area contributed by atoms with Crippen LogP contribution in [0.3, 0.4) is 0 Å². The number of hydrogen-bond acceptors (Lipinski definition) is 8. The third-order valence-electron chi connectivity index (χ3n) is 10.0. The van der Waals surface area contributed by atoms with Crippen molar-refractivity contribution in [2.24, 2.45) is 11.7 Å². The van der Waals surface area contributed by atoms with Gasteiger partial charge in [-0.1, -0.05) is 35.9 Å². The molecule has 2 bridgehead atoms. The van der Waals surface area contributed by atoms with Crippen molar-refractivity contribution in [3.63, 3.8) is 0 Å². The van der Waals surface area contributed by atoms with Gasteiger partial charge in [-0.05, 0) is 75.7 Å². The Hall–Kier alpha value is -3.34. The zero-order valence-electron chi connectivity index (χ0n) is 24.7. The number of carboxylic acid groups (broad SMARTS) is 1. The van der Waals surface area contributed by atoms with Crippen LogP contribution in [-0.2, 0) is 13.0 Å². The number of hydrogen-bond donors (Lipinski definition) is 2. The summed E-state index contributed by atoms with van der Waals surface area (Å²) in [6, 6.07) is 12.9. The molecule has 228 valence electrons. The highest BCUT2D eigenvalue weighted by molar-refractivity contribution is 6.36. The number of benzene rings is 2. The summed E-state index contributed by atoms with van der Waals surface area (Å²) in [6.45, 7) is 4.82.